The maximum atomic E-state index is 5.96. The van der Waals surface area contributed by atoms with Crippen molar-refractivity contribution in [3.05, 3.63) is 58.7 Å². The van der Waals surface area contributed by atoms with Crippen LogP contribution < -0.4 is 20.5 Å². The molecule has 0 fully saturated rings. The summed E-state index contributed by atoms with van der Waals surface area (Å²) in [5, 5.41) is 3.15. The summed E-state index contributed by atoms with van der Waals surface area (Å²) in [7, 11) is 3.23. The number of aliphatic imine (C=N–C) groups is 1. The van der Waals surface area contributed by atoms with Crippen molar-refractivity contribution in [3.63, 3.8) is 0 Å². The summed E-state index contributed by atoms with van der Waals surface area (Å²) >= 11 is 0. The zero-order valence-corrected chi connectivity index (χ0v) is 14.7. The molecule has 128 valence electrons. The molecular weight excluding hydrogens is 302 g/mol. The molecule has 0 unspecified atom stereocenters. The lowest BCUT2D eigenvalue weighted by Crippen LogP contribution is -2.31. The molecule has 24 heavy (non-hydrogen) atoms. The molecule has 0 aromatic heterocycles. The summed E-state index contributed by atoms with van der Waals surface area (Å²) in [6.45, 7) is 5.32. The molecule has 0 aliphatic heterocycles. The quantitative estimate of drug-likeness (QED) is 0.632. The average Bonchev–Trinajstić information content (AvgIpc) is 2.58. The summed E-state index contributed by atoms with van der Waals surface area (Å²) in [6, 6.07) is 12.1. The van der Waals surface area contributed by atoms with Gasteiger partial charge in [0, 0.05) is 6.54 Å². The summed E-state index contributed by atoms with van der Waals surface area (Å²) in [4.78, 5) is 4.37. The highest BCUT2D eigenvalue weighted by atomic mass is 16.5. The molecule has 5 heteroatoms. The first kappa shape index (κ1) is 17.7. The van der Waals surface area contributed by atoms with Crippen molar-refractivity contribution in [2.75, 3.05) is 14.2 Å². The first-order valence-corrected chi connectivity index (χ1v) is 7.84. The van der Waals surface area contributed by atoms with E-state index in [2.05, 4.69) is 42.4 Å². The predicted molar refractivity (Wildman–Crippen MR) is 97.6 cm³/mol. The van der Waals surface area contributed by atoms with E-state index in [-0.39, 0.29) is 0 Å². The zero-order valence-electron chi connectivity index (χ0n) is 14.7. The number of methoxy groups -OCH3 is 2. The Morgan fingerprint density at radius 3 is 2.46 bits per heavy atom. The Balaban J connectivity index is 1.96. The van der Waals surface area contributed by atoms with E-state index >= 15 is 0 Å². The number of nitrogens with one attached hydrogen (secondary N) is 1. The summed E-state index contributed by atoms with van der Waals surface area (Å²) in [5.41, 5.74) is 10.7. The lowest BCUT2D eigenvalue weighted by atomic mass is 10.1. The van der Waals surface area contributed by atoms with Crippen LogP contribution in [0.3, 0.4) is 0 Å². The number of benzene rings is 2. The molecule has 0 aliphatic rings. The van der Waals surface area contributed by atoms with Crippen LogP contribution in [0, 0.1) is 13.8 Å². The fraction of sp³-hybridized carbons (Fsp3) is 0.316. The Bertz CT molecular complexity index is 727. The van der Waals surface area contributed by atoms with Gasteiger partial charge in [-0.15, -0.1) is 0 Å². The van der Waals surface area contributed by atoms with Gasteiger partial charge in [-0.3, -0.25) is 0 Å². The number of aryl methyl sites for hydroxylation is 2. The molecule has 2 aromatic carbocycles. The lowest BCUT2D eigenvalue weighted by molar-refractivity contribution is 0.354. The first-order chi connectivity index (χ1) is 11.5. The summed E-state index contributed by atoms with van der Waals surface area (Å²) < 4.78 is 10.5. The second-order valence-electron chi connectivity index (χ2n) is 5.67. The normalized spacial score (nSPS) is 11.2. The van der Waals surface area contributed by atoms with Crippen molar-refractivity contribution >= 4 is 5.96 Å². The molecule has 0 bridgehead atoms. The molecular formula is C19H25N3O2. The number of ether oxygens (including phenoxy) is 2. The zero-order chi connectivity index (χ0) is 17.5. The third kappa shape index (κ3) is 4.65. The number of guanidine groups is 1. The van der Waals surface area contributed by atoms with Gasteiger partial charge in [-0.2, -0.15) is 0 Å². The maximum Gasteiger partial charge on any atom is 0.189 e. The van der Waals surface area contributed by atoms with Crippen LogP contribution >= 0.6 is 0 Å². The molecule has 3 N–H and O–H groups in total. The third-order valence-electron chi connectivity index (χ3n) is 3.84. The topological polar surface area (TPSA) is 68.9 Å². The highest BCUT2D eigenvalue weighted by Gasteiger charge is 2.04. The molecule has 0 radical (unpaired) electrons. The minimum Gasteiger partial charge on any atom is -0.493 e. The number of nitrogens with two attached hydrogens (primary N) is 1. The Morgan fingerprint density at radius 2 is 1.79 bits per heavy atom. The number of nitrogens with zero attached hydrogens (tertiary/aromatic N) is 1. The van der Waals surface area contributed by atoms with Crippen LogP contribution in [0.4, 0.5) is 0 Å². The Morgan fingerprint density at radius 1 is 1.04 bits per heavy atom. The fourth-order valence-electron chi connectivity index (χ4n) is 2.44. The standard InChI is InChI=1S/C19H25N3O2/c1-13-5-7-16(14(2)9-13)12-22-19(20)21-11-15-6-8-17(23-3)18(10-15)24-4/h5-10H,11-12H2,1-4H3,(H3,20,21,22). The van der Waals surface area contributed by atoms with Crippen molar-refractivity contribution in [3.8, 4) is 11.5 Å². The van der Waals surface area contributed by atoms with Crippen molar-refractivity contribution in [2.45, 2.75) is 26.9 Å². The number of rotatable bonds is 6. The smallest absolute Gasteiger partial charge is 0.189 e. The van der Waals surface area contributed by atoms with Crippen LogP contribution in [0.5, 0.6) is 11.5 Å². The lowest BCUT2D eigenvalue weighted by Gasteiger charge is -2.10. The highest BCUT2D eigenvalue weighted by Crippen LogP contribution is 2.27. The second-order valence-corrected chi connectivity index (χ2v) is 5.67. The van der Waals surface area contributed by atoms with Gasteiger partial charge in [-0.05, 0) is 42.7 Å². The fourth-order valence-corrected chi connectivity index (χ4v) is 2.44. The largest absolute Gasteiger partial charge is 0.493 e. The number of hydrogen-bond acceptors (Lipinski definition) is 3. The van der Waals surface area contributed by atoms with Crippen LogP contribution in [0.2, 0.25) is 0 Å². The van der Waals surface area contributed by atoms with Gasteiger partial charge in [-0.25, -0.2) is 4.99 Å². The van der Waals surface area contributed by atoms with Crippen molar-refractivity contribution in [1.29, 1.82) is 0 Å². The SMILES string of the molecule is COc1ccc(CN=C(N)NCc2ccc(C)cc2C)cc1OC. The molecule has 0 saturated heterocycles. The van der Waals surface area contributed by atoms with Crippen LogP contribution in [0.15, 0.2) is 41.4 Å². The summed E-state index contributed by atoms with van der Waals surface area (Å²) in [5.74, 6) is 1.81. The third-order valence-corrected chi connectivity index (χ3v) is 3.84. The van der Waals surface area contributed by atoms with Crippen LogP contribution in [0.1, 0.15) is 22.3 Å². The van der Waals surface area contributed by atoms with Gasteiger partial charge in [0.1, 0.15) is 0 Å². The Kier molecular flexibility index (Phi) is 6.07. The summed E-state index contributed by atoms with van der Waals surface area (Å²) in [6.07, 6.45) is 0. The van der Waals surface area contributed by atoms with Gasteiger partial charge in [0.05, 0.1) is 20.8 Å². The van der Waals surface area contributed by atoms with E-state index in [0.29, 0.717) is 30.5 Å². The average molecular weight is 327 g/mol. The van der Waals surface area contributed by atoms with E-state index in [1.165, 1.54) is 16.7 Å². The van der Waals surface area contributed by atoms with E-state index in [1.807, 2.05) is 18.2 Å². The van der Waals surface area contributed by atoms with Gasteiger partial charge >= 0.3 is 0 Å². The molecule has 0 heterocycles. The van der Waals surface area contributed by atoms with Crippen LogP contribution in [0.25, 0.3) is 0 Å². The molecule has 0 amide bonds. The van der Waals surface area contributed by atoms with E-state index < -0.39 is 0 Å². The molecule has 0 atom stereocenters. The van der Waals surface area contributed by atoms with E-state index in [1.54, 1.807) is 14.2 Å². The predicted octanol–water partition coefficient (Wildman–Crippen LogP) is 2.93. The molecule has 0 saturated carbocycles. The van der Waals surface area contributed by atoms with Crippen LogP contribution in [-0.4, -0.2) is 20.2 Å². The van der Waals surface area contributed by atoms with Gasteiger partial charge in [0.15, 0.2) is 17.5 Å². The van der Waals surface area contributed by atoms with Gasteiger partial charge in [0.25, 0.3) is 0 Å². The first-order valence-electron chi connectivity index (χ1n) is 7.84. The van der Waals surface area contributed by atoms with Crippen molar-refractivity contribution in [2.24, 2.45) is 10.7 Å². The van der Waals surface area contributed by atoms with Gasteiger partial charge in [-0.1, -0.05) is 29.8 Å². The van der Waals surface area contributed by atoms with E-state index in [0.717, 1.165) is 5.56 Å². The monoisotopic (exact) mass is 327 g/mol. The molecule has 2 aromatic rings. The maximum absolute atomic E-state index is 5.96. The van der Waals surface area contributed by atoms with E-state index in [4.69, 9.17) is 15.2 Å². The Labute approximate surface area is 143 Å². The minimum absolute atomic E-state index is 0.421. The van der Waals surface area contributed by atoms with Gasteiger partial charge < -0.3 is 20.5 Å². The van der Waals surface area contributed by atoms with Crippen molar-refractivity contribution in [1.82, 2.24) is 5.32 Å². The van der Waals surface area contributed by atoms with Crippen LogP contribution in [-0.2, 0) is 13.1 Å². The Hall–Kier alpha value is -2.69. The molecule has 0 spiro atoms. The van der Waals surface area contributed by atoms with Crippen molar-refractivity contribution < 1.29 is 9.47 Å². The second kappa shape index (κ2) is 8.24. The minimum atomic E-state index is 0.421. The number of hydrogen-bond donors (Lipinski definition) is 2. The highest BCUT2D eigenvalue weighted by molar-refractivity contribution is 5.77. The van der Waals surface area contributed by atoms with E-state index in [9.17, 15) is 0 Å². The van der Waals surface area contributed by atoms with Gasteiger partial charge in [0.2, 0.25) is 0 Å². The molecule has 0 aliphatic carbocycles. The molecule has 5 nitrogen and oxygen atoms in total. The molecule has 2 rings (SSSR count).